The van der Waals surface area contributed by atoms with Gasteiger partial charge in [-0.05, 0) is 41.5 Å². The van der Waals surface area contributed by atoms with E-state index in [9.17, 15) is 5.11 Å². The molecular weight excluding hydrogens is 222 g/mol. The molecule has 0 aliphatic heterocycles. The van der Waals surface area contributed by atoms with Gasteiger partial charge in [-0.2, -0.15) is 0 Å². The van der Waals surface area contributed by atoms with E-state index in [1.165, 1.54) is 0 Å². The van der Waals surface area contributed by atoms with Crippen LogP contribution in [0.2, 0.25) is 0 Å². The van der Waals surface area contributed by atoms with E-state index in [4.69, 9.17) is 0 Å². The third-order valence-corrected chi connectivity index (χ3v) is 3.13. The number of aryl methyl sites for hydroxylation is 1. The summed E-state index contributed by atoms with van der Waals surface area (Å²) in [7, 11) is 0. The van der Waals surface area contributed by atoms with Crippen LogP contribution in [0.5, 0.6) is 5.75 Å². The number of fused-ring (bicyclic) bond motifs is 1. The van der Waals surface area contributed by atoms with Crippen molar-refractivity contribution in [3.63, 3.8) is 0 Å². The minimum absolute atomic E-state index is 0.312. The molecule has 2 aromatic carbocycles. The number of hydrogen-bond donors (Lipinski definition) is 1. The molecule has 0 saturated carbocycles. The smallest absolute Gasteiger partial charge is 0.128 e. The highest BCUT2D eigenvalue weighted by Crippen LogP contribution is 2.37. The van der Waals surface area contributed by atoms with Gasteiger partial charge in [-0.3, -0.25) is 4.98 Å². The topological polar surface area (TPSA) is 33.1 Å². The fraction of sp³-hybridized carbons (Fsp3) is 0.0625. The predicted octanol–water partition coefficient (Wildman–Crippen LogP) is 3.92. The molecule has 2 nitrogen and oxygen atoms in total. The number of hydrogen-bond acceptors (Lipinski definition) is 2. The van der Waals surface area contributed by atoms with Gasteiger partial charge in [0.15, 0.2) is 0 Å². The average molecular weight is 235 g/mol. The SMILES string of the molecule is Cc1cc2ccccc2c(-c2ccccn2)c1O. The van der Waals surface area contributed by atoms with E-state index in [-0.39, 0.29) is 0 Å². The molecule has 3 rings (SSSR count). The molecule has 1 heterocycles. The second-order valence-electron chi connectivity index (χ2n) is 4.35. The van der Waals surface area contributed by atoms with Gasteiger partial charge in [-0.15, -0.1) is 0 Å². The monoisotopic (exact) mass is 235 g/mol. The summed E-state index contributed by atoms with van der Waals surface area (Å²) in [6.45, 7) is 1.91. The molecule has 0 aliphatic carbocycles. The van der Waals surface area contributed by atoms with E-state index < -0.39 is 0 Å². The highest BCUT2D eigenvalue weighted by molar-refractivity contribution is 5.99. The Balaban J connectivity index is 2.43. The van der Waals surface area contributed by atoms with E-state index in [2.05, 4.69) is 4.98 Å². The van der Waals surface area contributed by atoms with Crippen LogP contribution < -0.4 is 0 Å². The average Bonchev–Trinajstić information content (AvgIpc) is 2.41. The Morgan fingerprint density at radius 2 is 1.78 bits per heavy atom. The number of aromatic hydroxyl groups is 1. The summed E-state index contributed by atoms with van der Waals surface area (Å²) in [6, 6.07) is 15.8. The molecule has 0 bridgehead atoms. The summed E-state index contributed by atoms with van der Waals surface area (Å²) in [6.07, 6.45) is 1.74. The van der Waals surface area contributed by atoms with Crippen molar-refractivity contribution in [3.05, 3.63) is 60.3 Å². The number of nitrogens with zero attached hydrogens (tertiary/aromatic N) is 1. The van der Waals surface area contributed by atoms with Crippen LogP contribution in [-0.4, -0.2) is 10.1 Å². The number of pyridine rings is 1. The zero-order chi connectivity index (χ0) is 12.5. The lowest BCUT2D eigenvalue weighted by atomic mass is 9.97. The molecule has 0 spiro atoms. The first kappa shape index (κ1) is 10.8. The fourth-order valence-electron chi connectivity index (χ4n) is 2.25. The molecule has 0 amide bonds. The summed E-state index contributed by atoms with van der Waals surface area (Å²) in [4.78, 5) is 4.34. The minimum atomic E-state index is 0.312. The van der Waals surface area contributed by atoms with Gasteiger partial charge in [-0.1, -0.05) is 30.3 Å². The largest absolute Gasteiger partial charge is 0.507 e. The van der Waals surface area contributed by atoms with E-state index in [0.717, 1.165) is 27.6 Å². The maximum atomic E-state index is 10.3. The molecule has 18 heavy (non-hydrogen) atoms. The predicted molar refractivity (Wildman–Crippen MR) is 73.6 cm³/mol. The zero-order valence-corrected chi connectivity index (χ0v) is 10.1. The molecule has 0 atom stereocenters. The minimum Gasteiger partial charge on any atom is -0.507 e. The van der Waals surface area contributed by atoms with E-state index in [1.54, 1.807) is 6.20 Å². The maximum Gasteiger partial charge on any atom is 0.128 e. The van der Waals surface area contributed by atoms with Gasteiger partial charge >= 0.3 is 0 Å². The molecule has 1 N–H and O–H groups in total. The van der Waals surface area contributed by atoms with Crippen molar-refractivity contribution in [1.29, 1.82) is 0 Å². The zero-order valence-electron chi connectivity index (χ0n) is 10.1. The summed E-state index contributed by atoms with van der Waals surface area (Å²) in [5.41, 5.74) is 2.48. The lowest BCUT2D eigenvalue weighted by Crippen LogP contribution is -1.88. The van der Waals surface area contributed by atoms with Crippen molar-refractivity contribution in [3.8, 4) is 17.0 Å². The molecule has 1 aromatic heterocycles. The fourth-order valence-corrected chi connectivity index (χ4v) is 2.25. The van der Waals surface area contributed by atoms with Gasteiger partial charge in [0, 0.05) is 6.20 Å². The maximum absolute atomic E-state index is 10.3. The van der Waals surface area contributed by atoms with Crippen LogP contribution in [0.15, 0.2) is 54.7 Å². The molecular formula is C16H13NO. The number of benzene rings is 2. The van der Waals surface area contributed by atoms with Gasteiger partial charge in [0.2, 0.25) is 0 Å². The summed E-state index contributed by atoms with van der Waals surface area (Å²) in [5.74, 6) is 0.312. The van der Waals surface area contributed by atoms with Gasteiger partial charge in [0.25, 0.3) is 0 Å². The summed E-state index contributed by atoms with van der Waals surface area (Å²) < 4.78 is 0. The summed E-state index contributed by atoms with van der Waals surface area (Å²) >= 11 is 0. The molecule has 0 radical (unpaired) electrons. The molecule has 88 valence electrons. The quantitative estimate of drug-likeness (QED) is 0.693. The van der Waals surface area contributed by atoms with Crippen LogP contribution in [0.3, 0.4) is 0 Å². The first-order valence-electron chi connectivity index (χ1n) is 5.90. The highest BCUT2D eigenvalue weighted by atomic mass is 16.3. The van der Waals surface area contributed by atoms with Crippen molar-refractivity contribution < 1.29 is 5.11 Å². The molecule has 0 unspecified atom stereocenters. The van der Waals surface area contributed by atoms with Crippen LogP contribution in [-0.2, 0) is 0 Å². The van der Waals surface area contributed by atoms with E-state index in [0.29, 0.717) is 5.75 Å². The van der Waals surface area contributed by atoms with Crippen LogP contribution in [0.1, 0.15) is 5.56 Å². The third kappa shape index (κ3) is 1.63. The Labute approximate surface area is 106 Å². The second-order valence-corrected chi connectivity index (χ2v) is 4.35. The van der Waals surface area contributed by atoms with Crippen LogP contribution in [0, 0.1) is 6.92 Å². The van der Waals surface area contributed by atoms with E-state index in [1.807, 2.05) is 55.5 Å². The number of aromatic nitrogens is 1. The Morgan fingerprint density at radius 3 is 2.56 bits per heavy atom. The van der Waals surface area contributed by atoms with Crippen molar-refractivity contribution >= 4 is 10.8 Å². The van der Waals surface area contributed by atoms with Gasteiger partial charge < -0.3 is 5.11 Å². The van der Waals surface area contributed by atoms with Gasteiger partial charge in [0.05, 0.1) is 11.3 Å². The first-order chi connectivity index (χ1) is 8.77. The number of phenols is 1. The van der Waals surface area contributed by atoms with E-state index >= 15 is 0 Å². The Bertz CT molecular complexity index is 705. The second kappa shape index (κ2) is 4.15. The Morgan fingerprint density at radius 1 is 1.00 bits per heavy atom. The highest BCUT2D eigenvalue weighted by Gasteiger charge is 2.12. The lowest BCUT2D eigenvalue weighted by molar-refractivity contribution is 0.474. The molecule has 0 saturated heterocycles. The summed E-state index contributed by atoms with van der Waals surface area (Å²) in [5, 5.41) is 12.5. The molecule has 0 fully saturated rings. The van der Waals surface area contributed by atoms with Crippen molar-refractivity contribution in [2.75, 3.05) is 0 Å². The Hall–Kier alpha value is -2.35. The van der Waals surface area contributed by atoms with Gasteiger partial charge in [0.1, 0.15) is 5.75 Å². The third-order valence-electron chi connectivity index (χ3n) is 3.13. The molecule has 3 aromatic rings. The molecule has 2 heteroatoms. The van der Waals surface area contributed by atoms with Crippen molar-refractivity contribution in [2.45, 2.75) is 6.92 Å². The van der Waals surface area contributed by atoms with Crippen LogP contribution in [0.4, 0.5) is 0 Å². The standard InChI is InChI=1S/C16H13NO/c1-11-10-12-6-2-3-7-13(12)15(16(11)18)14-8-4-5-9-17-14/h2-10,18H,1H3. The van der Waals surface area contributed by atoms with Crippen LogP contribution >= 0.6 is 0 Å². The van der Waals surface area contributed by atoms with Crippen molar-refractivity contribution in [2.24, 2.45) is 0 Å². The molecule has 0 aliphatic rings. The number of rotatable bonds is 1. The first-order valence-corrected chi connectivity index (χ1v) is 5.90. The normalized spacial score (nSPS) is 10.7. The Kier molecular flexibility index (Phi) is 2.49. The van der Waals surface area contributed by atoms with Crippen molar-refractivity contribution in [1.82, 2.24) is 4.98 Å². The number of phenolic OH excluding ortho intramolecular Hbond substituents is 1. The van der Waals surface area contributed by atoms with Gasteiger partial charge in [-0.25, -0.2) is 0 Å². The lowest BCUT2D eigenvalue weighted by Gasteiger charge is -2.11. The van der Waals surface area contributed by atoms with Crippen LogP contribution in [0.25, 0.3) is 22.0 Å².